The predicted octanol–water partition coefficient (Wildman–Crippen LogP) is 11.6. The third kappa shape index (κ3) is 20.4. The van der Waals surface area contributed by atoms with Crippen LogP contribution in [0.25, 0.3) is 0 Å². The molecule has 0 radical (unpaired) electrons. The number of nitrogens with zero attached hydrogens (tertiary/aromatic N) is 5. The van der Waals surface area contributed by atoms with Crippen molar-refractivity contribution in [2.75, 3.05) is 36.0 Å². The molecule has 41 heavy (non-hydrogen) atoms. The molecule has 0 aliphatic heterocycles. The molecule has 0 amide bonds. The fourth-order valence-corrected chi connectivity index (χ4v) is 5.72. The number of halogens is 1. The van der Waals surface area contributed by atoms with Gasteiger partial charge in [0.15, 0.2) is 0 Å². The molecule has 0 N–H and O–H groups in total. The van der Waals surface area contributed by atoms with Gasteiger partial charge in [0.2, 0.25) is 17.2 Å². The summed E-state index contributed by atoms with van der Waals surface area (Å²) in [4.78, 5) is 19.3. The topological polar surface area (TPSA) is 45.2 Å². The lowest BCUT2D eigenvalue weighted by molar-refractivity contribution is 0.564. The third-order valence-corrected chi connectivity index (χ3v) is 8.45. The van der Waals surface area contributed by atoms with Crippen LogP contribution in [0.4, 0.5) is 11.9 Å². The Morgan fingerprint density at radius 2 is 0.610 bits per heavy atom. The van der Waals surface area contributed by atoms with Crippen molar-refractivity contribution < 1.29 is 0 Å². The van der Waals surface area contributed by atoms with E-state index in [1.165, 1.54) is 154 Å². The van der Waals surface area contributed by atoms with Gasteiger partial charge in [-0.15, -0.1) is 0 Å². The summed E-state index contributed by atoms with van der Waals surface area (Å²) in [6.45, 7) is 13.2. The molecule has 0 saturated carbocycles. The molecule has 0 fully saturated rings. The third-order valence-electron chi connectivity index (χ3n) is 8.28. The molecule has 0 unspecified atom stereocenters. The van der Waals surface area contributed by atoms with Crippen LogP contribution in [-0.2, 0) is 0 Å². The van der Waals surface area contributed by atoms with Gasteiger partial charge in [0, 0.05) is 26.2 Å². The lowest BCUT2D eigenvalue weighted by atomic mass is 10.1. The minimum absolute atomic E-state index is 0.344. The van der Waals surface area contributed by atoms with Crippen LogP contribution in [0.3, 0.4) is 0 Å². The smallest absolute Gasteiger partial charge is 0.231 e. The number of hydrogen-bond acceptors (Lipinski definition) is 5. The molecule has 1 aromatic heterocycles. The first-order chi connectivity index (χ1) is 20.2. The van der Waals surface area contributed by atoms with Crippen LogP contribution in [0, 0.1) is 0 Å². The van der Waals surface area contributed by atoms with Gasteiger partial charge >= 0.3 is 0 Å². The molecular weight excluding hydrogens is 526 g/mol. The Kier molecular flexibility index (Phi) is 25.6. The summed E-state index contributed by atoms with van der Waals surface area (Å²) in [5.74, 6) is 1.58. The second kappa shape index (κ2) is 27.7. The molecule has 0 aliphatic carbocycles. The fraction of sp³-hybridized carbons (Fsp3) is 0.914. The van der Waals surface area contributed by atoms with Crippen molar-refractivity contribution in [2.24, 2.45) is 0 Å². The van der Waals surface area contributed by atoms with Crippen molar-refractivity contribution in [3.63, 3.8) is 0 Å². The Bertz CT molecular complexity index is 615. The van der Waals surface area contributed by atoms with Gasteiger partial charge in [-0.2, -0.15) is 15.0 Å². The molecule has 1 aromatic rings. The summed E-state index contributed by atoms with van der Waals surface area (Å²) in [6.07, 6.45) is 31.2. The van der Waals surface area contributed by atoms with Gasteiger partial charge in [0.05, 0.1) is 0 Å². The van der Waals surface area contributed by atoms with Crippen molar-refractivity contribution in [1.29, 1.82) is 0 Å². The number of unbranched alkanes of at least 4 members (excludes halogenated alkanes) is 20. The van der Waals surface area contributed by atoms with Crippen molar-refractivity contribution >= 4 is 23.5 Å². The standard InChI is InChI=1S/C35H68ClN5/c1-5-9-13-17-21-25-29-40(30-26-22-18-14-10-6-2)34-37-33(36)38-35(39-34)41(31-27-23-19-15-11-7-3)32-28-24-20-16-12-8-4/h5-32H2,1-4H3. The summed E-state index contributed by atoms with van der Waals surface area (Å²) in [5, 5.41) is 0.344. The highest BCUT2D eigenvalue weighted by Gasteiger charge is 2.17. The van der Waals surface area contributed by atoms with E-state index in [1.807, 2.05) is 0 Å². The SMILES string of the molecule is CCCCCCCCN(CCCCCCCC)c1nc(Cl)nc(N(CCCCCCCC)CCCCCCCC)n1. The Morgan fingerprint density at radius 1 is 0.366 bits per heavy atom. The minimum Gasteiger partial charge on any atom is -0.341 e. The molecule has 0 saturated heterocycles. The van der Waals surface area contributed by atoms with E-state index in [-0.39, 0.29) is 0 Å². The summed E-state index contributed by atoms with van der Waals surface area (Å²) < 4.78 is 0. The monoisotopic (exact) mass is 594 g/mol. The van der Waals surface area contributed by atoms with Gasteiger partial charge < -0.3 is 9.80 Å². The fourth-order valence-electron chi connectivity index (χ4n) is 5.57. The summed E-state index contributed by atoms with van der Waals surface area (Å²) in [6, 6.07) is 0. The van der Waals surface area contributed by atoms with Crippen molar-refractivity contribution in [3.05, 3.63) is 5.28 Å². The van der Waals surface area contributed by atoms with E-state index < -0.39 is 0 Å². The van der Waals surface area contributed by atoms with Crippen LogP contribution in [0.15, 0.2) is 0 Å². The van der Waals surface area contributed by atoms with Gasteiger partial charge in [-0.25, -0.2) is 0 Å². The van der Waals surface area contributed by atoms with Crippen molar-refractivity contribution in [2.45, 2.75) is 182 Å². The van der Waals surface area contributed by atoms with Gasteiger partial charge in [-0.3, -0.25) is 0 Å². The first-order valence-corrected chi connectivity index (χ1v) is 18.4. The normalized spacial score (nSPS) is 11.3. The number of anilines is 2. The number of hydrogen-bond donors (Lipinski definition) is 0. The molecule has 1 heterocycles. The lowest BCUT2D eigenvalue weighted by Gasteiger charge is -2.26. The zero-order valence-electron chi connectivity index (χ0n) is 27.9. The van der Waals surface area contributed by atoms with Crippen LogP contribution >= 0.6 is 11.6 Å². The van der Waals surface area contributed by atoms with Crippen molar-refractivity contribution in [1.82, 2.24) is 15.0 Å². The Balaban J connectivity index is 2.91. The predicted molar refractivity (Wildman–Crippen MR) is 183 cm³/mol. The Morgan fingerprint density at radius 3 is 0.878 bits per heavy atom. The second-order valence-corrected chi connectivity index (χ2v) is 12.6. The molecule has 0 atom stereocenters. The molecule has 0 bridgehead atoms. The van der Waals surface area contributed by atoms with E-state index in [4.69, 9.17) is 16.6 Å². The van der Waals surface area contributed by atoms with Crippen molar-refractivity contribution in [3.8, 4) is 0 Å². The van der Waals surface area contributed by atoms with Gasteiger partial charge in [0.1, 0.15) is 0 Å². The first-order valence-electron chi connectivity index (χ1n) is 18.1. The quantitative estimate of drug-likeness (QED) is 0.0830. The highest BCUT2D eigenvalue weighted by molar-refractivity contribution is 6.28. The van der Waals surface area contributed by atoms with E-state index in [0.717, 1.165) is 38.1 Å². The van der Waals surface area contributed by atoms with Crippen LogP contribution in [-0.4, -0.2) is 41.1 Å². The molecule has 0 spiro atoms. The average Bonchev–Trinajstić information content (AvgIpc) is 2.97. The molecule has 0 aromatic carbocycles. The second-order valence-electron chi connectivity index (χ2n) is 12.2. The van der Waals surface area contributed by atoms with Gasteiger partial charge in [0.25, 0.3) is 0 Å². The maximum Gasteiger partial charge on any atom is 0.231 e. The minimum atomic E-state index is 0.344. The van der Waals surface area contributed by atoms with E-state index in [9.17, 15) is 0 Å². The maximum atomic E-state index is 6.60. The van der Waals surface area contributed by atoms with Crippen LogP contribution in [0.1, 0.15) is 182 Å². The molecular formula is C35H68ClN5. The van der Waals surface area contributed by atoms with E-state index in [1.54, 1.807) is 0 Å². The largest absolute Gasteiger partial charge is 0.341 e. The Labute approximate surface area is 261 Å². The summed E-state index contributed by atoms with van der Waals surface area (Å²) in [7, 11) is 0. The van der Waals surface area contributed by atoms with Crippen LogP contribution < -0.4 is 9.80 Å². The number of aromatic nitrogens is 3. The molecule has 6 heteroatoms. The summed E-state index contributed by atoms with van der Waals surface area (Å²) >= 11 is 6.60. The maximum absolute atomic E-state index is 6.60. The van der Waals surface area contributed by atoms with Gasteiger partial charge in [-0.05, 0) is 37.3 Å². The molecule has 5 nitrogen and oxygen atoms in total. The van der Waals surface area contributed by atoms with Crippen LogP contribution in [0.2, 0.25) is 5.28 Å². The average molecular weight is 594 g/mol. The van der Waals surface area contributed by atoms with E-state index in [2.05, 4.69) is 47.5 Å². The molecule has 0 aliphatic rings. The summed E-state index contributed by atoms with van der Waals surface area (Å²) in [5.41, 5.74) is 0. The lowest BCUT2D eigenvalue weighted by Crippen LogP contribution is -2.31. The molecule has 1 rings (SSSR count). The zero-order valence-corrected chi connectivity index (χ0v) is 28.7. The van der Waals surface area contributed by atoms with Crippen LogP contribution in [0.5, 0.6) is 0 Å². The zero-order chi connectivity index (χ0) is 29.8. The van der Waals surface area contributed by atoms with E-state index >= 15 is 0 Å². The first kappa shape index (κ1) is 37.9. The number of rotatable bonds is 30. The Hall–Kier alpha value is -1.10. The van der Waals surface area contributed by atoms with Gasteiger partial charge in [-0.1, -0.05) is 156 Å². The molecule has 240 valence electrons. The highest BCUT2D eigenvalue weighted by Crippen LogP contribution is 2.21. The highest BCUT2D eigenvalue weighted by atomic mass is 35.5. The van der Waals surface area contributed by atoms with E-state index in [0.29, 0.717) is 5.28 Å².